The summed E-state index contributed by atoms with van der Waals surface area (Å²) in [7, 11) is 1.00. The molecule has 3 aromatic rings. The third-order valence-corrected chi connectivity index (χ3v) is 4.24. The van der Waals surface area contributed by atoms with Crippen molar-refractivity contribution in [2.75, 3.05) is 19.5 Å². The SMILES string of the molecule is CO.Nc1ncnn2c(C3CCC(COC(=O)OCc4cnc[nH]4)O3)ccc12. The van der Waals surface area contributed by atoms with Crippen LogP contribution in [0.1, 0.15) is 30.3 Å². The van der Waals surface area contributed by atoms with E-state index in [0.29, 0.717) is 11.5 Å². The van der Waals surface area contributed by atoms with Crippen LogP contribution in [0.25, 0.3) is 5.52 Å². The zero-order chi connectivity index (χ0) is 19.9. The number of H-pyrrole nitrogens is 1. The number of aromatic nitrogens is 5. The molecule has 0 saturated carbocycles. The van der Waals surface area contributed by atoms with Crippen molar-refractivity contribution >= 4 is 17.5 Å². The number of carbonyl (C=O) groups excluding carboxylic acids is 1. The van der Waals surface area contributed by atoms with Crippen molar-refractivity contribution in [3.05, 3.63) is 42.4 Å². The second-order valence-electron chi connectivity index (χ2n) is 5.95. The van der Waals surface area contributed by atoms with Crippen LogP contribution in [0.3, 0.4) is 0 Å². The van der Waals surface area contributed by atoms with E-state index in [4.69, 9.17) is 25.1 Å². The van der Waals surface area contributed by atoms with Gasteiger partial charge >= 0.3 is 6.16 Å². The normalized spacial score (nSPS) is 18.5. The summed E-state index contributed by atoms with van der Waals surface area (Å²) < 4.78 is 17.8. The Labute approximate surface area is 160 Å². The van der Waals surface area contributed by atoms with Gasteiger partial charge in [0.1, 0.15) is 31.2 Å². The van der Waals surface area contributed by atoms with Crippen molar-refractivity contribution in [1.82, 2.24) is 24.6 Å². The van der Waals surface area contributed by atoms with E-state index in [1.807, 2.05) is 12.1 Å². The summed E-state index contributed by atoms with van der Waals surface area (Å²) >= 11 is 0. The van der Waals surface area contributed by atoms with Crippen LogP contribution >= 0.6 is 0 Å². The van der Waals surface area contributed by atoms with Crippen molar-refractivity contribution in [3.8, 4) is 0 Å². The van der Waals surface area contributed by atoms with Gasteiger partial charge in [-0.3, -0.25) is 0 Å². The van der Waals surface area contributed by atoms with E-state index in [0.717, 1.165) is 31.2 Å². The Hall–Kier alpha value is -3.18. The van der Waals surface area contributed by atoms with Gasteiger partial charge < -0.3 is 30.0 Å². The van der Waals surface area contributed by atoms with Crippen LogP contribution in [0.5, 0.6) is 0 Å². The molecule has 1 saturated heterocycles. The van der Waals surface area contributed by atoms with Gasteiger partial charge in [-0.1, -0.05) is 0 Å². The van der Waals surface area contributed by atoms with Crippen LogP contribution in [-0.2, 0) is 20.8 Å². The van der Waals surface area contributed by atoms with Gasteiger partial charge in [-0.25, -0.2) is 19.3 Å². The van der Waals surface area contributed by atoms with Crippen molar-refractivity contribution in [3.63, 3.8) is 0 Å². The number of aromatic amines is 1. The highest BCUT2D eigenvalue weighted by molar-refractivity contribution is 5.65. The molecule has 11 nitrogen and oxygen atoms in total. The number of hydrogen-bond acceptors (Lipinski definition) is 9. The lowest BCUT2D eigenvalue weighted by Gasteiger charge is -2.14. The van der Waals surface area contributed by atoms with Gasteiger partial charge in [0.2, 0.25) is 0 Å². The molecule has 2 atom stereocenters. The molecule has 0 radical (unpaired) electrons. The van der Waals surface area contributed by atoms with E-state index in [-0.39, 0.29) is 25.4 Å². The largest absolute Gasteiger partial charge is 0.508 e. The van der Waals surface area contributed by atoms with E-state index in [1.165, 1.54) is 12.7 Å². The average molecular weight is 390 g/mol. The van der Waals surface area contributed by atoms with Gasteiger partial charge in [-0.2, -0.15) is 5.10 Å². The molecular formula is C17H22N6O5. The zero-order valence-electron chi connectivity index (χ0n) is 15.3. The van der Waals surface area contributed by atoms with Crippen molar-refractivity contribution in [2.24, 2.45) is 0 Å². The van der Waals surface area contributed by atoms with E-state index < -0.39 is 6.16 Å². The first-order valence-corrected chi connectivity index (χ1v) is 8.66. The number of imidazole rings is 1. The minimum absolute atomic E-state index is 0.0876. The molecule has 3 aromatic heterocycles. The molecule has 4 rings (SSSR count). The zero-order valence-corrected chi connectivity index (χ0v) is 15.3. The Bertz CT molecular complexity index is 897. The topological polar surface area (TPSA) is 150 Å². The molecule has 0 amide bonds. The Balaban J connectivity index is 0.00000109. The van der Waals surface area contributed by atoms with E-state index in [2.05, 4.69) is 20.1 Å². The summed E-state index contributed by atoms with van der Waals surface area (Å²) in [6.45, 7) is 0.225. The standard InChI is InChI=1S/C16H18N6O4.CH4O/c17-15-13-3-2-12(22(13)21-9-20-15)14-4-1-11(26-14)7-25-16(23)24-6-10-5-18-8-19-10;1-2/h2-3,5,8-9,11,14H,1,4,6-7H2,(H,18,19)(H2,17,20,21);2H,1H3. The maximum atomic E-state index is 11.6. The molecule has 2 unspecified atom stereocenters. The average Bonchev–Trinajstić information content (AvgIpc) is 3.46. The Morgan fingerprint density at radius 2 is 2.25 bits per heavy atom. The number of nitrogens with two attached hydrogens (primary N) is 1. The first-order valence-electron chi connectivity index (χ1n) is 8.66. The number of hydrogen-bond donors (Lipinski definition) is 3. The van der Waals surface area contributed by atoms with E-state index in [1.54, 1.807) is 10.7 Å². The van der Waals surface area contributed by atoms with Gasteiger partial charge in [0.05, 0.1) is 30.0 Å². The quantitative estimate of drug-likeness (QED) is 0.546. The predicted molar refractivity (Wildman–Crippen MR) is 97.1 cm³/mol. The molecule has 150 valence electrons. The molecule has 0 aromatic carbocycles. The minimum atomic E-state index is -0.736. The molecule has 28 heavy (non-hydrogen) atoms. The number of carbonyl (C=O) groups is 1. The summed E-state index contributed by atoms with van der Waals surface area (Å²) in [5.74, 6) is 0.421. The van der Waals surface area contributed by atoms with Crippen molar-refractivity contribution in [2.45, 2.75) is 31.7 Å². The third kappa shape index (κ3) is 4.38. The third-order valence-electron chi connectivity index (χ3n) is 4.24. The number of aliphatic hydroxyl groups excluding tert-OH is 1. The van der Waals surface area contributed by atoms with Crippen molar-refractivity contribution in [1.29, 1.82) is 0 Å². The van der Waals surface area contributed by atoms with Crippen LogP contribution in [-0.4, -0.2) is 55.6 Å². The fourth-order valence-corrected chi connectivity index (χ4v) is 2.97. The number of nitrogen functional groups attached to an aromatic ring is 1. The molecule has 1 aliphatic rings. The summed E-state index contributed by atoms with van der Waals surface area (Å²) in [6.07, 6.45) is 5.01. The number of nitrogens with zero attached hydrogens (tertiary/aromatic N) is 4. The predicted octanol–water partition coefficient (Wildman–Crippen LogP) is 1.22. The highest BCUT2D eigenvalue weighted by atomic mass is 16.7. The Morgan fingerprint density at radius 3 is 3.04 bits per heavy atom. The lowest BCUT2D eigenvalue weighted by atomic mass is 10.1. The molecule has 0 spiro atoms. The first kappa shape index (κ1) is 19.6. The van der Waals surface area contributed by atoms with E-state index in [9.17, 15) is 4.79 Å². The number of anilines is 1. The van der Waals surface area contributed by atoms with Gasteiger partial charge in [0.15, 0.2) is 5.82 Å². The maximum Gasteiger partial charge on any atom is 0.508 e. The minimum Gasteiger partial charge on any atom is -0.432 e. The van der Waals surface area contributed by atoms with Crippen LogP contribution in [0.15, 0.2) is 31.0 Å². The smallest absolute Gasteiger partial charge is 0.432 e. The Morgan fingerprint density at radius 1 is 1.39 bits per heavy atom. The number of rotatable bonds is 5. The van der Waals surface area contributed by atoms with Gasteiger partial charge in [0, 0.05) is 7.11 Å². The monoisotopic (exact) mass is 390 g/mol. The fourth-order valence-electron chi connectivity index (χ4n) is 2.97. The van der Waals surface area contributed by atoms with Gasteiger partial charge in [-0.05, 0) is 25.0 Å². The lowest BCUT2D eigenvalue weighted by molar-refractivity contribution is -0.0192. The number of ether oxygens (including phenoxy) is 3. The molecule has 11 heteroatoms. The summed E-state index contributed by atoms with van der Waals surface area (Å²) in [4.78, 5) is 22.3. The summed E-state index contributed by atoms with van der Waals surface area (Å²) in [6, 6.07) is 3.79. The van der Waals surface area contributed by atoms with Gasteiger partial charge in [-0.15, -0.1) is 0 Å². The highest BCUT2D eigenvalue weighted by Gasteiger charge is 2.30. The fraction of sp³-hybridized carbons (Fsp3) is 0.412. The van der Waals surface area contributed by atoms with Crippen LogP contribution in [0.4, 0.5) is 10.6 Å². The molecular weight excluding hydrogens is 368 g/mol. The summed E-state index contributed by atoms with van der Waals surface area (Å²) in [5, 5.41) is 11.2. The molecule has 1 aliphatic heterocycles. The molecule has 1 fully saturated rings. The van der Waals surface area contributed by atoms with Gasteiger partial charge in [0.25, 0.3) is 0 Å². The first-order chi connectivity index (χ1) is 13.7. The highest BCUT2D eigenvalue weighted by Crippen LogP contribution is 2.33. The lowest BCUT2D eigenvalue weighted by Crippen LogP contribution is -2.19. The molecule has 0 bridgehead atoms. The number of aliphatic hydroxyl groups is 1. The van der Waals surface area contributed by atoms with Crippen LogP contribution in [0, 0.1) is 0 Å². The molecule has 0 aliphatic carbocycles. The number of nitrogens with one attached hydrogen (secondary N) is 1. The van der Waals surface area contributed by atoms with E-state index >= 15 is 0 Å². The van der Waals surface area contributed by atoms with Crippen LogP contribution < -0.4 is 5.73 Å². The molecule has 4 N–H and O–H groups in total. The maximum absolute atomic E-state index is 11.6. The molecule has 4 heterocycles. The van der Waals surface area contributed by atoms with Crippen molar-refractivity contribution < 1.29 is 24.1 Å². The number of fused-ring (bicyclic) bond motifs is 1. The Kier molecular flexibility index (Phi) is 6.40. The summed E-state index contributed by atoms with van der Waals surface area (Å²) in [5.41, 5.74) is 8.19. The second kappa shape index (κ2) is 9.15. The second-order valence-corrected chi connectivity index (χ2v) is 5.95. The van der Waals surface area contributed by atoms with Crippen LogP contribution in [0.2, 0.25) is 0 Å².